The molecular formula is C23H23BrN2O5. The molecule has 8 heteroatoms. The molecule has 31 heavy (non-hydrogen) atoms. The van der Waals surface area contributed by atoms with Crippen LogP contribution in [-0.4, -0.2) is 50.1 Å². The summed E-state index contributed by atoms with van der Waals surface area (Å²) in [6.07, 6.45) is 0.820. The van der Waals surface area contributed by atoms with E-state index in [1.807, 2.05) is 36.4 Å². The summed E-state index contributed by atoms with van der Waals surface area (Å²) in [5.74, 6) is 0.469. The molecule has 1 aromatic heterocycles. The average molecular weight is 487 g/mol. The fraction of sp³-hybridized carbons (Fsp3) is 0.304. The van der Waals surface area contributed by atoms with E-state index in [0.29, 0.717) is 49.4 Å². The first-order valence-corrected chi connectivity index (χ1v) is 10.9. The number of benzene rings is 2. The van der Waals surface area contributed by atoms with Gasteiger partial charge in [-0.2, -0.15) is 0 Å². The molecule has 0 atom stereocenters. The van der Waals surface area contributed by atoms with E-state index in [0.717, 1.165) is 15.8 Å². The van der Waals surface area contributed by atoms with Gasteiger partial charge in [-0.1, -0.05) is 18.2 Å². The molecule has 0 unspecified atom stereocenters. The number of amides is 2. The number of aryl methyl sites for hydroxylation is 1. The van der Waals surface area contributed by atoms with E-state index >= 15 is 0 Å². The topological polar surface area (TPSA) is 81.0 Å². The Morgan fingerprint density at radius 3 is 2.68 bits per heavy atom. The number of anilines is 1. The second kappa shape index (κ2) is 9.53. The zero-order valence-electron chi connectivity index (χ0n) is 17.2. The number of methoxy groups -OCH3 is 1. The van der Waals surface area contributed by atoms with Gasteiger partial charge in [0.15, 0.2) is 0 Å². The first kappa shape index (κ1) is 21.4. The van der Waals surface area contributed by atoms with Crippen LogP contribution in [0.2, 0.25) is 0 Å². The number of furan rings is 1. The lowest BCUT2D eigenvalue weighted by Gasteiger charge is -2.26. The summed E-state index contributed by atoms with van der Waals surface area (Å²) in [6, 6.07) is 13.0. The van der Waals surface area contributed by atoms with Gasteiger partial charge in [0.2, 0.25) is 11.7 Å². The van der Waals surface area contributed by atoms with Crippen LogP contribution in [0.15, 0.2) is 51.4 Å². The number of nitrogens with one attached hydrogen (secondary N) is 1. The number of hydrogen-bond donors (Lipinski definition) is 1. The number of hydrogen-bond acceptors (Lipinski definition) is 5. The van der Waals surface area contributed by atoms with Gasteiger partial charge in [-0.15, -0.1) is 0 Å². The van der Waals surface area contributed by atoms with Crippen molar-refractivity contribution in [2.45, 2.75) is 12.8 Å². The predicted molar refractivity (Wildman–Crippen MR) is 121 cm³/mol. The zero-order valence-corrected chi connectivity index (χ0v) is 18.7. The molecule has 0 saturated carbocycles. The Hall–Kier alpha value is -2.84. The molecule has 3 aromatic rings. The van der Waals surface area contributed by atoms with E-state index in [-0.39, 0.29) is 24.0 Å². The van der Waals surface area contributed by atoms with Crippen molar-refractivity contribution in [3.63, 3.8) is 0 Å². The van der Waals surface area contributed by atoms with Crippen molar-refractivity contribution in [3.05, 3.63) is 58.3 Å². The SMILES string of the molecule is COc1ccc(CCC(=O)Nc2c(C(=O)N3CCOCC3)oc3ccccc23)cc1Br. The van der Waals surface area contributed by atoms with Gasteiger partial charge in [-0.3, -0.25) is 9.59 Å². The number of carbonyl (C=O) groups is 2. The third kappa shape index (κ3) is 4.75. The number of para-hydroxylation sites is 1. The van der Waals surface area contributed by atoms with Crippen LogP contribution in [0, 0.1) is 0 Å². The standard InChI is InChI=1S/C23H23BrN2O5/c1-29-19-8-6-15(14-17(19)24)7-9-20(27)25-21-16-4-2-3-5-18(16)31-22(21)23(28)26-10-12-30-13-11-26/h2-6,8,14H,7,9-13H2,1H3,(H,25,27). The molecular weight excluding hydrogens is 464 g/mol. The van der Waals surface area contributed by atoms with Crippen LogP contribution in [-0.2, 0) is 16.0 Å². The van der Waals surface area contributed by atoms with Crippen LogP contribution in [0.4, 0.5) is 5.69 Å². The van der Waals surface area contributed by atoms with Crippen molar-refractivity contribution in [1.29, 1.82) is 0 Å². The lowest BCUT2D eigenvalue weighted by atomic mass is 10.1. The summed E-state index contributed by atoms with van der Waals surface area (Å²) in [5.41, 5.74) is 1.99. The highest BCUT2D eigenvalue weighted by molar-refractivity contribution is 9.10. The molecule has 0 radical (unpaired) electrons. The Labute approximate surface area is 188 Å². The molecule has 1 saturated heterocycles. The van der Waals surface area contributed by atoms with Gasteiger partial charge in [-0.25, -0.2) is 0 Å². The van der Waals surface area contributed by atoms with Crippen molar-refractivity contribution in [2.75, 3.05) is 38.7 Å². The van der Waals surface area contributed by atoms with E-state index < -0.39 is 0 Å². The van der Waals surface area contributed by atoms with Crippen LogP contribution < -0.4 is 10.1 Å². The van der Waals surface area contributed by atoms with Crippen LogP contribution >= 0.6 is 15.9 Å². The molecule has 162 valence electrons. The van der Waals surface area contributed by atoms with Gasteiger partial charge in [0.1, 0.15) is 17.0 Å². The number of fused-ring (bicyclic) bond motifs is 1. The van der Waals surface area contributed by atoms with Crippen molar-refractivity contribution < 1.29 is 23.5 Å². The number of ether oxygens (including phenoxy) is 2. The minimum absolute atomic E-state index is 0.156. The maximum absolute atomic E-state index is 13.1. The smallest absolute Gasteiger partial charge is 0.291 e. The van der Waals surface area contributed by atoms with Crippen LogP contribution in [0.25, 0.3) is 11.0 Å². The quantitative estimate of drug-likeness (QED) is 0.563. The van der Waals surface area contributed by atoms with Crippen LogP contribution in [0.5, 0.6) is 5.75 Å². The molecule has 2 heterocycles. The second-order valence-electron chi connectivity index (χ2n) is 7.22. The monoisotopic (exact) mass is 486 g/mol. The van der Waals surface area contributed by atoms with Gasteiger partial charge >= 0.3 is 0 Å². The average Bonchev–Trinajstić information content (AvgIpc) is 3.16. The van der Waals surface area contributed by atoms with E-state index in [1.165, 1.54) is 0 Å². The fourth-order valence-electron chi connectivity index (χ4n) is 3.56. The summed E-state index contributed by atoms with van der Waals surface area (Å²) in [7, 11) is 1.61. The van der Waals surface area contributed by atoms with Crippen LogP contribution in [0.1, 0.15) is 22.5 Å². The maximum atomic E-state index is 13.1. The number of halogens is 1. The Bertz CT molecular complexity index is 1100. The molecule has 2 amide bonds. The largest absolute Gasteiger partial charge is 0.496 e. The summed E-state index contributed by atoms with van der Waals surface area (Å²) in [5, 5.41) is 3.62. The number of rotatable bonds is 6. The molecule has 1 aliphatic rings. The summed E-state index contributed by atoms with van der Waals surface area (Å²) in [6.45, 7) is 1.97. The Morgan fingerprint density at radius 1 is 1.16 bits per heavy atom. The summed E-state index contributed by atoms with van der Waals surface area (Å²) in [4.78, 5) is 27.5. The molecule has 1 fully saturated rings. The minimum atomic E-state index is -0.242. The second-order valence-corrected chi connectivity index (χ2v) is 8.08. The highest BCUT2D eigenvalue weighted by Gasteiger charge is 2.27. The highest BCUT2D eigenvalue weighted by Crippen LogP contribution is 2.32. The van der Waals surface area contributed by atoms with E-state index in [1.54, 1.807) is 18.1 Å². The van der Waals surface area contributed by atoms with Gasteiger partial charge in [0.25, 0.3) is 5.91 Å². The summed E-state index contributed by atoms with van der Waals surface area (Å²) >= 11 is 3.46. The minimum Gasteiger partial charge on any atom is -0.496 e. The first-order chi connectivity index (χ1) is 15.1. The third-order valence-electron chi connectivity index (χ3n) is 5.21. The van der Waals surface area contributed by atoms with Crippen LogP contribution in [0.3, 0.4) is 0 Å². The number of nitrogens with zero attached hydrogens (tertiary/aromatic N) is 1. The number of carbonyl (C=O) groups excluding carboxylic acids is 2. The Kier molecular flexibility index (Phi) is 6.58. The molecule has 0 aliphatic carbocycles. The normalized spacial score (nSPS) is 13.9. The van der Waals surface area contributed by atoms with E-state index in [9.17, 15) is 9.59 Å². The molecule has 0 bridgehead atoms. The van der Waals surface area contributed by atoms with Crippen molar-refractivity contribution in [3.8, 4) is 5.75 Å². The Morgan fingerprint density at radius 2 is 1.94 bits per heavy atom. The van der Waals surface area contributed by atoms with Gasteiger partial charge in [0.05, 0.1) is 24.8 Å². The van der Waals surface area contributed by atoms with Gasteiger partial charge < -0.3 is 24.1 Å². The first-order valence-electron chi connectivity index (χ1n) is 10.1. The molecule has 0 spiro atoms. The van der Waals surface area contributed by atoms with Crippen molar-refractivity contribution in [1.82, 2.24) is 4.90 Å². The van der Waals surface area contributed by atoms with Gasteiger partial charge in [-0.05, 0) is 52.2 Å². The Balaban J connectivity index is 1.52. The third-order valence-corrected chi connectivity index (χ3v) is 5.83. The van der Waals surface area contributed by atoms with Crippen molar-refractivity contribution in [2.24, 2.45) is 0 Å². The fourth-order valence-corrected chi connectivity index (χ4v) is 4.14. The summed E-state index contributed by atoms with van der Waals surface area (Å²) < 4.78 is 17.3. The van der Waals surface area contributed by atoms with Crippen molar-refractivity contribution >= 4 is 44.4 Å². The molecule has 2 aromatic carbocycles. The molecule has 7 nitrogen and oxygen atoms in total. The molecule has 4 rings (SSSR count). The maximum Gasteiger partial charge on any atom is 0.291 e. The van der Waals surface area contributed by atoms with E-state index in [4.69, 9.17) is 13.9 Å². The van der Waals surface area contributed by atoms with Gasteiger partial charge in [0, 0.05) is 24.9 Å². The molecule has 1 N–H and O–H groups in total. The lowest BCUT2D eigenvalue weighted by molar-refractivity contribution is -0.116. The van der Waals surface area contributed by atoms with E-state index in [2.05, 4.69) is 21.2 Å². The number of morpholine rings is 1. The highest BCUT2D eigenvalue weighted by atomic mass is 79.9. The molecule has 1 aliphatic heterocycles. The zero-order chi connectivity index (χ0) is 21.8. The predicted octanol–water partition coefficient (Wildman–Crippen LogP) is 4.25. The lowest BCUT2D eigenvalue weighted by Crippen LogP contribution is -2.40.